The molecule has 0 fully saturated rings. The molecule has 0 aliphatic heterocycles. The van der Waals surface area contributed by atoms with E-state index in [9.17, 15) is 4.79 Å². The first kappa shape index (κ1) is 17.8. The number of furan rings is 1. The van der Waals surface area contributed by atoms with Gasteiger partial charge in [0.25, 0.3) is 5.91 Å². The lowest BCUT2D eigenvalue weighted by Gasteiger charge is -2.05. The fraction of sp³-hybridized carbons (Fsp3) is 0.300. The Morgan fingerprint density at radius 2 is 2.12 bits per heavy atom. The van der Waals surface area contributed by atoms with E-state index in [1.807, 2.05) is 55.9 Å². The summed E-state index contributed by atoms with van der Waals surface area (Å²) in [6.45, 7) is 7.46. The molecule has 2 aromatic heterocycles. The van der Waals surface area contributed by atoms with Crippen molar-refractivity contribution in [1.29, 1.82) is 0 Å². The van der Waals surface area contributed by atoms with Crippen molar-refractivity contribution in [1.82, 2.24) is 15.1 Å². The summed E-state index contributed by atoms with van der Waals surface area (Å²) in [6.07, 6.45) is 1.94. The molecule has 0 bridgehead atoms. The summed E-state index contributed by atoms with van der Waals surface area (Å²) in [7, 11) is 0. The van der Waals surface area contributed by atoms with Gasteiger partial charge >= 0.3 is 0 Å². The number of hydrogen-bond donors (Lipinski definition) is 1. The Balaban J connectivity index is 1.54. The van der Waals surface area contributed by atoms with E-state index in [1.54, 1.807) is 12.1 Å². The molecule has 0 aliphatic carbocycles. The molecule has 0 aliphatic rings. The molecule has 6 nitrogen and oxygen atoms in total. The minimum Gasteiger partial charge on any atom is -0.486 e. The lowest BCUT2D eigenvalue weighted by molar-refractivity contribution is 0.0919. The van der Waals surface area contributed by atoms with Crippen LogP contribution < -0.4 is 10.1 Å². The molecule has 1 amide bonds. The topological polar surface area (TPSA) is 69.3 Å². The van der Waals surface area contributed by atoms with Crippen LogP contribution in [0.4, 0.5) is 0 Å². The zero-order valence-corrected chi connectivity index (χ0v) is 15.3. The van der Waals surface area contributed by atoms with Crippen molar-refractivity contribution < 1.29 is 13.9 Å². The maximum Gasteiger partial charge on any atom is 0.287 e. The zero-order valence-electron chi connectivity index (χ0n) is 15.3. The highest BCUT2D eigenvalue weighted by atomic mass is 16.5. The summed E-state index contributed by atoms with van der Waals surface area (Å²) < 4.78 is 13.1. The van der Waals surface area contributed by atoms with Crippen molar-refractivity contribution in [3.63, 3.8) is 0 Å². The molecular formula is C20H23N3O3. The number of aryl methyl sites for hydroxylation is 3. The standard InChI is InChI=1S/C20H23N3O3/c1-4-23-12-16(15(3)22-23)11-21-20(24)19-9-8-18(26-19)13-25-17-7-5-6-14(2)10-17/h5-10,12H,4,11,13H2,1-3H3,(H,21,24). The van der Waals surface area contributed by atoms with E-state index in [-0.39, 0.29) is 18.3 Å². The Kier molecular flexibility index (Phi) is 5.41. The second kappa shape index (κ2) is 7.91. The molecular weight excluding hydrogens is 330 g/mol. The van der Waals surface area contributed by atoms with Gasteiger partial charge in [-0.15, -0.1) is 0 Å². The first-order valence-corrected chi connectivity index (χ1v) is 8.64. The molecule has 0 unspecified atom stereocenters. The van der Waals surface area contributed by atoms with Crippen LogP contribution in [0.5, 0.6) is 5.75 Å². The Morgan fingerprint density at radius 1 is 1.27 bits per heavy atom. The normalized spacial score (nSPS) is 10.7. The second-order valence-electron chi connectivity index (χ2n) is 6.15. The van der Waals surface area contributed by atoms with Crippen molar-refractivity contribution in [3.8, 4) is 5.75 Å². The molecule has 3 aromatic rings. The van der Waals surface area contributed by atoms with Crippen LogP contribution >= 0.6 is 0 Å². The number of carbonyl (C=O) groups excluding carboxylic acids is 1. The lowest BCUT2D eigenvalue weighted by atomic mass is 10.2. The van der Waals surface area contributed by atoms with E-state index in [2.05, 4.69) is 10.4 Å². The number of amides is 1. The number of aromatic nitrogens is 2. The van der Waals surface area contributed by atoms with Crippen LogP contribution in [-0.4, -0.2) is 15.7 Å². The van der Waals surface area contributed by atoms with Crippen LogP contribution in [-0.2, 0) is 19.7 Å². The van der Waals surface area contributed by atoms with E-state index < -0.39 is 0 Å². The first-order valence-electron chi connectivity index (χ1n) is 8.64. The van der Waals surface area contributed by atoms with Gasteiger partial charge in [-0.1, -0.05) is 12.1 Å². The van der Waals surface area contributed by atoms with Gasteiger partial charge in [-0.3, -0.25) is 9.48 Å². The van der Waals surface area contributed by atoms with Crippen molar-refractivity contribution in [2.45, 2.75) is 40.5 Å². The maximum absolute atomic E-state index is 12.3. The summed E-state index contributed by atoms with van der Waals surface area (Å²) >= 11 is 0. The van der Waals surface area contributed by atoms with Crippen LogP contribution in [0, 0.1) is 13.8 Å². The fourth-order valence-corrected chi connectivity index (χ4v) is 2.59. The molecule has 26 heavy (non-hydrogen) atoms. The summed E-state index contributed by atoms with van der Waals surface area (Å²) in [6, 6.07) is 11.2. The number of ether oxygens (including phenoxy) is 1. The van der Waals surface area contributed by atoms with Gasteiger partial charge < -0.3 is 14.5 Å². The third kappa shape index (κ3) is 4.33. The summed E-state index contributed by atoms with van der Waals surface area (Å²) in [5.74, 6) is 1.39. The molecule has 0 saturated carbocycles. The van der Waals surface area contributed by atoms with Gasteiger partial charge in [0.2, 0.25) is 0 Å². The molecule has 136 valence electrons. The van der Waals surface area contributed by atoms with Crippen LogP contribution in [0.3, 0.4) is 0 Å². The first-order chi connectivity index (χ1) is 12.5. The fourth-order valence-electron chi connectivity index (χ4n) is 2.59. The Bertz CT molecular complexity index is 895. The monoisotopic (exact) mass is 353 g/mol. The molecule has 6 heteroatoms. The number of benzene rings is 1. The molecule has 1 N–H and O–H groups in total. The van der Waals surface area contributed by atoms with Gasteiger partial charge in [0.15, 0.2) is 5.76 Å². The summed E-state index contributed by atoms with van der Waals surface area (Å²) in [4.78, 5) is 12.3. The van der Waals surface area contributed by atoms with Crippen molar-refractivity contribution in [2.75, 3.05) is 0 Å². The highest BCUT2D eigenvalue weighted by Crippen LogP contribution is 2.16. The minimum atomic E-state index is -0.254. The Morgan fingerprint density at radius 3 is 2.85 bits per heavy atom. The predicted octanol–water partition coefficient (Wildman–Crippen LogP) is 3.62. The van der Waals surface area contributed by atoms with Gasteiger partial charge in [0.1, 0.15) is 18.1 Å². The SMILES string of the molecule is CCn1cc(CNC(=O)c2ccc(COc3cccc(C)c3)o2)c(C)n1. The van der Waals surface area contributed by atoms with Gasteiger partial charge in [-0.05, 0) is 50.6 Å². The van der Waals surface area contributed by atoms with E-state index in [0.717, 1.165) is 29.1 Å². The van der Waals surface area contributed by atoms with Crippen molar-refractivity contribution in [2.24, 2.45) is 0 Å². The third-order valence-electron chi connectivity index (χ3n) is 4.07. The molecule has 0 spiro atoms. The molecule has 2 heterocycles. The van der Waals surface area contributed by atoms with Gasteiger partial charge in [-0.25, -0.2) is 0 Å². The van der Waals surface area contributed by atoms with Gasteiger partial charge in [-0.2, -0.15) is 5.10 Å². The lowest BCUT2D eigenvalue weighted by Crippen LogP contribution is -2.22. The van der Waals surface area contributed by atoms with Gasteiger partial charge in [0.05, 0.1) is 5.69 Å². The highest BCUT2D eigenvalue weighted by Gasteiger charge is 2.13. The number of carbonyl (C=O) groups is 1. The average Bonchev–Trinajstić information content (AvgIpc) is 3.24. The molecule has 0 saturated heterocycles. The largest absolute Gasteiger partial charge is 0.486 e. The quantitative estimate of drug-likeness (QED) is 0.704. The average molecular weight is 353 g/mol. The van der Waals surface area contributed by atoms with E-state index in [4.69, 9.17) is 9.15 Å². The smallest absolute Gasteiger partial charge is 0.287 e. The number of rotatable bonds is 7. The van der Waals surface area contributed by atoms with E-state index in [1.165, 1.54) is 0 Å². The van der Waals surface area contributed by atoms with E-state index in [0.29, 0.717) is 12.3 Å². The predicted molar refractivity (Wildman–Crippen MR) is 98.0 cm³/mol. The van der Waals surface area contributed by atoms with Crippen LogP contribution in [0.2, 0.25) is 0 Å². The maximum atomic E-state index is 12.3. The van der Waals surface area contributed by atoms with E-state index >= 15 is 0 Å². The summed E-state index contributed by atoms with van der Waals surface area (Å²) in [5, 5.41) is 7.23. The van der Waals surface area contributed by atoms with Crippen LogP contribution in [0.15, 0.2) is 47.0 Å². The number of nitrogens with one attached hydrogen (secondary N) is 1. The van der Waals surface area contributed by atoms with Crippen LogP contribution in [0.1, 0.15) is 40.1 Å². The summed E-state index contributed by atoms with van der Waals surface area (Å²) in [5.41, 5.74) is 3.04. The molecule has 3 rings (SSSR count). The second-order valence-corrected chi connectivity index (χ2v) is 6.15. The van der Waals surface area contributed by atoms with Gasteiger partial charge in [0, 0.05) is 24.8 Å². The molecule has 1 aromatic carbocycles. The van der Waals surface area contributed by atoms with Crippen molar-refractivity contribution in [3.05, 3.63) is 70.9 Å². The van der Waals surface area contributed by atoms with Crippen LogP contribution in [0.25, 0.3) is 0 Å². The zero-order chi connectivity index (χ0) is 18.5. The Labute approximate surface area is 152 Å². The van der Waals surface area contributed by atoms with Crippen molar-refractivity contribution >= 4 is 5.91 Å². The molecule has 0 radical (unpaired) electrons. The molecule has 0 atom stereocenters. The minimum absolute atomic E-state index is 0.254. The number of hydrogen-bond acceptors (Lipinski definition) is 4. The number of nitrogens with zero attached hydrogens (tertiary/aromatic N) is 2. The highest BCUT2D eigenvalue weighted by molar-refractivity contribution is 5.91. The third-order valence-corrected chi connectivity index (χ3v) is 4.07. The Hall–Kier alpha value is -3.02.